The fraction of sp³-hybridized carbons (Fsp3) is 0.0909. The van der Waals surface area contributed by atoms with Crippen LogP contribution in [0.15, 0.2) is 82.8 Å². The molecule has 0 spiro atoms. The van der Waals surface area contributed by atoms with Crippen molar-refractivity contribution < 1.29 is 4.79 Å². The average molecular weight is 393 g/mol. The summed E-state index contributed by atoms with van der Waals surface area (Å²) in [6.45, 7) is 0.597. The van der Waals surface area contributed by atoms with Gasteiger partial charge in [0.25, 0.3) is 5.91 Å². The van der Waals surface area contributed by atoms with Gasteiger partial charge in [0.15, 0.2) is 0 Å². The molecule has 1 aromatic heterocycles. The van der Waals surface area contributed by atoms with Crippen LogP contribution < -0.4 is 0 Å². The second-order valence-corrected chi connectivity index (χ2v) is 7.64. The van der Waals surface area contributed by atoms with Crippen LogP contribution in [0, 0.1) is 0 Å². The van der Waals surface area contributed by atoms with Crippen LogP contribution in [0.3, 0.4) is 0 Å². The van der Waals surface area contributed by atoms with E-state index < -0.39 is 0 Å². The third-order valence-electron chi connectivity index (χ3n) is 4.29. The Balaban J connectivity index is 1.67. The second kappa shape index (κ2) is 7.91. The number of benzene rings is 2. The van der Waals surface area contributed by atoms with Crippen molar-refractivity contribution in [2.75, 3.05) is 6.54 Å². The van der Waals surface area contributed by atoms with Gasteiger partial charge >= 0.3 is 0 Å². The molecule has 1 aliphatic heterocycles. The Morgan fingerprint density at radius 1 is 1.04 bits per heavy atom. The summed E-state index contributed by atoms with van der Waals surface area (Å²) in [5.74, 6) is 0.621. The Bertz CT molecular complexity index is 1010. The molecule has 0 saturated heterocycles. The first-order chi connectivity index (χ1) is 13.2. The highest BCUT2D eigenvalue weighted by Gasteiger charge is 2.30. The Morgan fingerprint density at radius 3 is 2.63 bits per heavy atom. The molecule has 0 saturated carbocycles. The van der Waals surface area contributed by atoms with Crippen LogP contribution in [0.5, 0.6) is 0 Å². The van der Waals surface area contributed by atoms with Gasteiger partial charge in [-0.1, -0.05) is 60.1 Å². The van der Waals surface area contributed by atoms with E-state index in [1.54, 1.807) is 22.3 Å². The zero-order chi connectivity index (χ0) is 18.6. The fourth-order valence-corrected chi connectivity index (χ4v) is 3.89. The SMILES string of the molecule is O=C1/C(=C\c2cccc(Cl)c2)N=C(c2ccccc2)N1CCc1cccs1. The van der Waals surface area contributed by atoms with E-state index in [1.165, 1.54) is 4.88 Å². The van der Waals surface area contributed by atoms with Gasteiger partial charge in [0.1, 0.15) is 11.5 Å². The van der Waals surface area contributed by atoms with E-state index in [0.29, 0.717) is 23.1 Å². The molecule has 3 nitrogen and oxygen atoms in total. The van der Waals surface area contributed by atoms with Crippen LogP contribution in [-0.2, 0) is 11.2 Å². The summed E-state index contributed by atoms with van der Waals surface area (Å²) < 4.78 is 0. The largest absolute Gasteiger partial charge is 0.290 e. The second-order valence-electron chi connectivity index (χ2n) is 6.17. The maximum Gasteiger partial charge on any atom is 0.278 e. The van der Waals surface area contributed by atoms with Gasteiger partial charge in [-0.15, -0.1) is 11.3 Å². The standard InChI is InChI=1S/C22H17ClN2OS/c23-18-9-4-6-16(14-18)15-20-22(26)25(12-11-19-10-5-13-27-19)21(24-20)17-7-2-1-3-8-17/h1-10,13-15H,11-12H2/b20-15+. The summed E-state index contributed by atoms with van der Waals surface area (Å²) >= 11 is 7.77. The lowest BCUT2D eigenvalue weighted by molar-refractivity contribution is -0.122. The Hall–Kier alpha value is -2.69. The molecule has 0 radical (unpaired) electrons. The predicted octanol–water partition coefficient (Wildman–Crippen LogP) is 5.27. The lowest BCUT2D eigenvalue weighted by Gasteiger charge is -2.18. The number of thiophene rings is 1. The molecule has 2 heterocycles. The molecule has 1 aliphatic rings. The highest BCUT2D eigenvalue weighted by Crippen LogP contribution is 2.24. The summed E-state index contributed by atoms with van der Waals surface area (Å²) in [5.41, 5.74) is 2.23. The fourth-order valence-electron chi connectivity index (χ4n) is 3.00. The van der Waals surface area contributed by atoms with Gasteiger partial charge in [-0.2, -0.15) is 0 Å². The summed E-state index contributed by atoms with van der Waals surface area (Å²) in [7, 11) is 0. The van der Waals surface area contributed by atoms with E-state index in [0.717, 1.165) is 17.5 Å². The van der Waals surface area contributed by atoms with Crippen molar-refractivity contribution in [2.45, 2.75) is 6.42 Å². The number of aliphatic imine (C=N–C) groups is 1. The molecule has 0 fully saturated rings. The molecule has 2 aromatic carbocycles. The van der Waals surface area contributed by atoms with Crippen LogP contribution in [0.1, 0.15) is 16.0 Å². The number of halogens is 1. The Labute approximate surface area is 167 Å². The van der Waals surface area contributed by atoms with Crippen molar-refractivity contribution in [2.24, 2.45) is 4.99 Å². The summed E-state index contributed by atoms with van der Waals surface area (Å²) in [4.78, 5) is 20.7. The molecular weight excluding hydrogens is 376 g/mol. The van der Waals surface area contributed by atoms with Gasteiger partial charge in [0.05, 0.1) is 0 Å². The number of hydrogen-bond acceptors (Lipinski definition) is 3. The van der Waals surface area contributed by atoms with Crippen molar-refractivity contribution >= 4 is 40.8 Å². The van der Waals surface area contributed by atoms with E-state index in [1.807, 2.05) is 60.7 Å². The van der Waals surface area contributed by atoms with Gasteiger partial charge in [-0.3, -0.25) is 9.69 Å². The number of hydrogen-bond donors (Lipinski definition) is 0. The van der Waals surface area contributed by atoms with Crippen LogP contribution in [0.4, 0.5) is 0 Å². The van der Waals surface area contributed by atoms with Crippen LogP contribution >= 0.6 is 22.9 Å². The smallest absolute Gasteiger partial charge is 0.278 e. The first kappa shape index (κ1) is 17.7. The number of amides is 1. The van der Waals surface area contributed by atoms with Crippen LogP contribution in [0.25, 0.3) is 6.08 Å². The molecule has 0 N–H and O–H groups in total. The predicted molar refractivity (Wildman–Crippen MR) is 112 cm³/mol. The number of nitrogens with zero attached hydrogens (tertiary/aromatic N) is 2. The quantitative estimate of drug-likeness (QED) is 0.544. The molecule has 4 rings (SSSR count). The lowest BCUT2D eigenvalue weighted by atomic mass is 10.2. The third-order valence-corrected chi connectivity index (χ3v) is 5.46. The van der Waals surface area contributed by atoms with Crippen molar-refractivity contribution in [3.05, 3.63) is 98.8 Å². The van der Waals surface area contributed by atoms with Gasteiger partial charge in [0, 0.05) is 22.0 Å². The van der Waals surface area contributed by atoms with Crippen molar-refractivity contribution in [1.29, 1.82) is 0 Å². The zero-order valence-electron chi connectivity index (χ0n) is 14.5. The van der Waals surface area contributed by atoms with Crippen molar-refractivity contribution in [3.63, 3.8) is 0 Å². The van der Waals surface area contributed by atoms with Gasteiger partial charge in [-0.05, 0) is 41.6 Å². The molecule has 0 bridgehead atoms. The Kier molecular flexibility index (Phi) is 5.19. The third kappa shape index (κ3) is 4.02. The van der Waals surface area contributed by atoms with Gasteiger partial charge in [-0.25, -0.2) is 4.99 Å². The number of carbonyl (C=O) groups is 1. The first-order valence-corrected chi connectivity index (χ1v) is 9.92. The minimum Gasteiger partial charge on any atom is -0.290 e. The highest BCUT2D eigenvalue weighted by atomic mass is 35.5. The monoisotopic (exact) mass is 392 g/mol. The van der Waals surface area contributed by atoms with E-state index in [-0.39, 0.29) is 5.91 Å². The van der Waals surface area contributed by atoms with Gasteiger partial charge in [0.2, 0.25) is 0 Å². The molecule has 134 valence electrons. The molecule has 1 amide bonds. The first-order valence-electron chi connectivity index (χ1n) is 8.66. The molecule has 5 heteroatoms. The minimum atomic E-state index is -0.0783. The van der Waals surface area contributed by atoms with E-state index in [2.05, 4.69) is 16.4 Å². The molecular formula is C22H17ClN2OS. The molecule has 27 heavy (non-hydrogen) atoms. The maximum absolute atomic E-state index is 13.1. The average Bonchev–Trinajstić information content (AvgIpc) is 3.30. The van der Waals surface area contributed by atoms with Crippen LogP contribution in [-0.4, -0.2) is 23.2 Å². The van der Waals surface area contributed by atoms with Gasteiger partial charge < -0.3 is 0 Å². The highest BCUT2D eigenvalue weighted by molar-refractivity contribution is 7.09. The number of amidine groups is 1. The lowest BCUT2D eigenvalue weighted by Crippen LogP contribution is -2.34. The van der Waals surface area contributed by atoms with E-state index in [9.17, 15) is 4.79 Å². The topological polar surface area (TPSA) is 32.7 Å². The Morgan fingerprint density at radius 2 is 1.89 bits per heavy atom. The number of rotatable bonds is 5. The minimum absolute atomic E-state index is 0.0783. The summed E-state index contributed by atoms with van der Waals surface area (Å²) in [5, 5.41) is 2.69. The van der Waals surface area contributed by atoms with E-state index >= 15 is 0 Å². The molecule has 3 aromatic rings. The van der Waals surface area contributed by atoms with Crippen molar-refractivity contribution in [1.82, 2.24) is 4.90 Å². The summed E-state index contributed by atoms with van der Waals surface area (Å²) in [6.07, 6.45) is 2.60. The number of carbonyl (C=O) groups excluding carboxylic acids is 1. The van der Waals surface area contributed by atoms with Crippen molar-refractivity contribution in [3.8, 4) is 0 Å². The molecule has 0 atom stereocenters. The molecule has 0 aliphatic carbocycles. The maximum atomic E-state index is 13.1. The normalized spacial score (nSPS) is 15.4. The summed E-state index contributed by atoms with van der Waals surface area (Å²) in [6, 6.07) is 21.4. The molecule has 0 unspecified atom stereocenters. The zero-order valence-corrected chi connectivity index (χ0v) is 16.1. The van der Waals surface area contributed by atoms with Crippen LogP contribution in [0.2, 0.25) is 5.02 Å². The van der Waals surface area contributed by atoms with E-state index in [4.69, 9.17) is 11.6 Å².